The van der Waals surface area contributed by atoms with Crippen molar-refractivity contribution in [3.8, 4) is 23.7 Å². The maximum atomic E-state index is 10.7. The number of hydrogen-bond acceptors (Lipinski definition) is 5. The Morgan fingerprint density at radius 3 is 1.74 bits per heavy atom. The van der Waals surface area contributed by atoms with Gasteiger partial charge in [-0.2, -0.15) is 0 Å². The Morgan fingerprint density at radius 1 is 0.895 bits per heavy atom. The average molecular weight is 852 g/mol. The predicted molar refractivity (Wildman–Crippen MR) is 155 cm³/mol. The first kappa shape index (κ1) is 41.8. The molecule has 0 radical (unpaired) electrons. The molecule has 6 nitrogen and oxygen atoms in total. The van der Waals surface area contributed by atoms with Crippen molar-refractivity contribution in [2.45, 2.75) is 42.5 Å². The second kappa shape index (κ2) is 28.3. The van der Waals surface area contributed by atoms with Gasteiger partial charge in [-0.25, -0.2) is 0 Å². The molecule has 2 N–H and O–H groups in total. The summed E-state index contributed by atoms with van der Waals surface area (Å²) in [5, 5.41) is 10.7. The molecule has 202 valence electrons. The van der Waals surface area contributed by atoms with Gasteiger partial charge < -0.3 is 0 Å². The van der Waals surface area contributed by atoms with Crippen LogP contribution >= 0.6 is 0 Å². The van der Waals surface area contributed by atoms with E-state index in [9.17, 15) is 10.1 Å². The first-order valence-electron chi connectivity index (χ1n) is 10.7. The quantitative estimate of drug-likeness (QED) is 0.127. The van der Waals surface area contributed by atoms with Crippen LogP contribution in [0, 0.1) is 47.0 Å². The molecule has 0 aromatic carbocycles. The molecule has 0 atom stereocenters. The molecule has 0 saturated carbocycles. The first-order chi connectivity index (χ1) is 17.4. The molecule has 0 fully saturated rings. The number of rotatable bonds is 5. The fourth-order valence-corrected chi connectivity index (χ4v) is 2.72. The number of nitrogen functional groups attached to an aromatic ring is 1. The molecule has 2 rings (SSSR count). The zero-order valence-corrected chi connectivity index (χ0v) is 26.5. The van der Waals surface area contributed by atoms with E-state index >= 15 is 0 Å². The summed E-state index contributed by atoms with van der Waals surface area (Å²) in [7, 11) is 0. The van der Waals surface area contributed by atoms with Crippen LogP contribution in [0.2, 0.25) is 0 Å². The van der Waals surface area contributed by atoms with Crippen LogP contribution in [-0.2, 0) is 38.7 Å². The topological polar surface area (TPSA) is 94.9 Å². The van der Waals surface area contributed by atoms with Crippen molar-refractivity contribution in [3.63, 3.8) is 0 Å². The Hall–Kier alpha value is -3.30. The third kappa shape index (κ3) is 19.8. The summed E-state index contributed by atoms with van der Waals surface area (Å²) in [6.45, 7) is 18.4. The van der Waals surface area contributed by atoms with E-state index < -0.39 is 4.92 Å². The zero-order valence-electron chi connectivity index (χ0n) is 20.6. The average Bonchev–Trinajstić information content (AvgIpc) is 2.91. The Labute approximate surface area is 251 Å². The van der Waals surface area contributed by atoms with Crippen molar-refractivity contribution >= 4 is 19.2 Å². The molecule has 38 heavy (non-hydrogen) atoms. The molecule has 2 aromatic heterocycles. The number of anilines is 1. The van der Waals surface area contributed by atoms with Crippen LogP contribution in [-0.4, -0.2) is 22.7 Å². The van der Waals surface area contributed by atoms with Gasteiger partial charge in [0, 0.05) is 0 Å². The van der Waals surface area contributed by atoms with Gasteiger partial charge in [0.25, 0.3) is 0 Å². The molecular weight excluding hydrogens is 816 g/mol. The third-order valence-electron chi connectivity index (χ3n) is 3.21. The number of allylic oxidation sites excluding steroid dienone is 6. The third-order valence-corrected chi connectivity index (χ3v) is 4.92. The first-order valence-corrected chi connectivity index (χ1v) is 13.7. The number of nitro groups is 1. The molecule has 0 aliphatic rings. The van der Waals surface area contributed by atoms with Gasteiger partial charge in [-0.15, -0.1) is 0 Å². The Bertz CT molecular complexity index is 1210. The van der Waals surface area contributed by atoms with Crippen LogP contribution in [0.4, 0.5) is 11.4 Å². The fraction of sp³-hybridized carbons (Fsp3) is 0.200. The minimum atomic E-state index is -0.497. The molecule has 2 heterocycles. The number of pyridine rings is 2. The van der Waals surface area contributed by atoms with Gasteiger partial charge >= 0.3 is 210 Å². The zero-order chi connectivity index (χ0) is 27.8. The van der Waals surface area contributed by atoms with Crippen molar-refractivity contribution in [2.24, 2.45) is 0 Å². The molecule has 0 saturated heterocycles. The van der Waals surface area contributed by atoms with Gasteiger partial charge in [-0.3, -0.25) is 0 Å². The standard InChI is InChI=1S/C12H7N2O2.C12H9N2.2C2H6.2CH4.2W/c1-2-3-4-5-6-7-11-8-9-13-10-12(11)14(15)16;1-2-3-4-5-6-7-11-8-9-14-10-12(11)13;2*1-2;;;;/h1-4,8-10H;1-4,8-10H,13H2;2*1-2H3;2*1H4;;/q2*-1;;;;;;. The van der Waals surface area contributed by atoms with Gasteiger partial charge in [0.2, 0.25) is 0 Å². The molecule has 0 bridgehead atoms. The van der Waals surface area contributed by atoms with E-state index in [2.05, 4.69) is 33.6 Å². The Kier molecular flexibility index (Phi) is 31.1. The number of hydrogen-bond donors (Lipinski definition) is 1. The van der Waals surface area contributed by atoms with Gasteiger partial charge in [-0.05, 0) is 0 Å². The normalized spacial score (nSPS) is 8.21. The van der Waals surface area contributed by atoms with Gasteiger partial charge in [0.05, 0.1) is 0 Å². The monoisotopic (exact) mass is 852 g/mol. The van der Waals surface area contributed by atoms with Crippen molar-refractivity contribution in [1.29, 1.82) is 0 Å². The Morgan fingerprint density at radius 2 is 1.32 bits per heavy atom. The van der Waals surface area contributed by atoms with E-state index in [1.807, 2.05) is 33.8 Å². The van der Waals surface area contributed by atoms with E-state index in [-0.39, 0.29) is 20.5 Å². The molecular formula is C30H36N4O2W2-2. The molecule has 0 unspecified atom stereocenters. The summed E-state index contributed by atoms with van der Waals surface area (Å²) in [5.41, 5.74) is 7.36. The van der Waals surface area contributed by atoms with Crippen molar-refractivity contribution in [1.82, 2.24) is 9.97 Å². The SMILES string of the molecule is C.C.CC.CC.[CH-]=CC=C[C](=[W])C#Cc1ccncc1N.[CH-]=CC=C[C](=[W])C#Cc1ccncc1[N+](=O)[O-]. The van der Waals surface area contributed by atoms with Crippen LogP contribution in [0.1, 0.15) is 53.7 Å². The van der Waals surface area contributed by atoms with Crippen molar-refractivity contribution in [3.05, 3.63) is 108 Å². The summed E-state index contributed by atoms with van der Waals surface area (Å²) in [5.74, 6) is 11.6. The minimum absolute atomic E-state index is 0. The van der Waals surface area contributed by atoms with Crippen LogP contribution in [0.25, 0.3) is 0 Å². The van der Waals surface area contributed by atoms with E-state index in [1.54, 1.807) is 36.7 Å². The second-order valence-electron chi connectivity index (χ2n) is 5.44. The summed E-state index contributed by atoms with van der Waals surface area (Å²) < 4.78 is 1.85. The molecule has 0 amide bonds. The van der Waals surface area contributed by atoms with E-state index in [0.29, 0.717) is 11.3 Å². The van der Waals surface area contributed by atoms with E-state index in [0.717, 1.165) is 13.4 Å². The maximum absolute atomic E-state index is 10.7. The van der Waals surface area contributed by atoms with Crippen LogP contribution in [0.5, 0.6) is 0 Å². The van der Waals surface area contributed by atoms with Crippen LogP contribution < -0.4 is 5.73 Å². The molecule has 2 aromatic rings. The van der Waals surface area contributed by atoms with Crippen molar-refractivity contribution in [2.75, 3.05) is 5.73 Å². The molecule has 0 spiro atoms. The van der Waals surface area contributed by atoms with Gasteiger partial charge in [0.15, 0.2) is 0 Å². The van der Waals surface area contributed by atoms with Crippen molar-refractivity contribution < 1.29 is 43.6 Å². The van der Waals surface area contributed by atoms with E-state index in [4.69, 9.17) is 18.9 Å². The second-order valence-corrected chi connectivity index (χ2v) is 8.60. The molecule has 0 aliphatic carbocycles. The fourth-order valence-electron chi connectivity index (χ4n) is 1.78. The number of nitrogens with two attached hydrogens (primary N) is 1. The number of nitrogens with zero attached hydrogens (tertiary/aromatic N) is 3. The van der Waals surface area contributed by atoms with Crippen LogP contribution in [0.15, 0.2) is 73.4 Å². The summed E-state index contributed by atoms with van der Waals surface area (Å²) in [6.07, 6.45) is 15.9. The molecule has 8 heteroatoms. The van der Waals surface area contributed by atoms with Gasteiger partial charge in [-0.1, -0.05) is 42.5 Å². The van der Waals surface area contributed by atoms with Gasteiger partial charge in [0.1, 0.15) is 0 Å². The summed E-state index contributed by atoms with van der Waals surface area (Å²) in [4.78, 5) is 17.8. The van der Waals surface area contributed by atoms with E-state index in [1.165, 1.54) is 69.3 Å². The summed E-state index contributed by atoms with van der Waals surface area (Å²) in [6, 6.07) is 3.32. The summed E-state index contributed by atoms with van der Waals surface area (Å²) >= 11 is 2.46. The van der Waals surface area contributed by atoms with Crippen LogP contribution in [0.3, 0.4) is 0 Å². The number of aromatic nitrogens is 2. The Balaban J connectivity index is -0.000000258. The predicted octanol–water partition coefficient (Wildman–Crippen LogP) is 6.21. The molecule has 0 aliphatic heterocycles.